The molecule has 2 rings (SSSR count). The normalized spacial score (nSPS) is 16.4. The van der Waals surface area contributed by atoms with Gasteiger partial charge in [0.1, 0.15) is 5.75 Å². The number of guanidine groups is 1. The number of hydrogen-bond donors (Lipinski definition) is 2. The molecule has 1 aromatic carbocycles. The Balaban J connectivity index is 1.87. The topological polar surface area (TPSA) is 73.3 Å². The van der Waals surface area contributed by atoms with Crippen LogP contribution < -0.4 is 15.4 Å². The number of aliphatic imine (C=N–C) groups is 1. The highest BCUT2D eigenvalue weighted by Gasteiger charge is 2.34. The van der Waals surface area contributed by atoms with Gasteiger partial charge in [0.2, 0.25) is 0 Å². The van der Waals surface area contributed by atoms with Gasteiger partial charge < -0.3 is 29.6 Å². The van der Waals surface area contributed by atoms with Crippen molar-refractivity contribution in [1.29, 1.82) is 0 Å². The molecule has 0 unspecified atom stereocenters. The first-order valence-electron chi connectivity index (χ1n) is 10.6. The van der Waals surface area contributed by atoms with E-state index in [1.54, 1.807) is 14.2 Å². The van der Waals surface area contributed by atoms with Crippen molar-refractivity contribution in [2.45, 2.75) is 31.6 Å². The lowest BCUT2D eigenvalue weighted by molar-refractivity contribution is 0.0513. The van der Waals surface area contributed by atoms with Crippen LogP contribution in [-0.4, -0.2) is 72.8 Å². The van der Waals surface area contributed by atoms with Crippen molar-refractivity contribution in [1.82, 2.24) is 10.6 Å². The molecule has 2 N–H and O–H groups in total. The standard InChI is InChI=1S/C22H37N3O4/c1-4-29-20-8-6-19(7-9-20)22(10-14-28-15-11-22)18-25-21(23-2)24-12-5-13-27-17-16-26-3/h6-9H,4-5,10-18H2,1-3H3,(H2,23,24,25). The van der Waals surface area contributed by atoms with Crippen LogP contribution in [0, 0.1) is 0 Å². The minimum absolute atomic E-state index is 0.0316. The smallest absolute Gasteiger partial charge is 0.191 e. The number of benzene rings is 1. The first-order valence-corrected chi connectivity index (χ1v) is 10.6. The van der Waals surface area contributed by atoms with Gasteiger partial charge in [0.25, 0.3) is 0 Å². The van der Waals surface area contributed by atoms with E-state index in [1.165, 1.54) is 5.56 Å². The molecule has 1 aliphatic rings. The molecule has 29 heavy (non-hydrogen) atoms. The van der Waals surface area contributed by atoms with Gasteiger partial charge >= 0.3 is 0 Å². The molecular weight excluding hydrogens is 370 g/mol. The van der Waals surface area contributed by atoms with E-state index < -0.39 is 0 Å². The molecule has 7 heteroatoms. The van der Waals surface area contributed by atoms with E-state index in [0.717, 1.165) is 57.3 Å². The van der Waals surface area contributed by atoms with Gasteiger partial charge in [0.05, 0.1) is 19.8 Å². The maximum atomic E-state index is 5.64. The highest BCUT2D eigenvalue weighted by atomic mass is 16.5. The molecule has 0 aromatic heterocycles. The Morgan fingerprint density at radius 1 is 1.10 bits per heavy atom. The molecule has 0 saturated carbocycles. The first-order chi connectivity index (χ1) is 14.2. The quantitative estimate of drug-likeness (QED) is 0.315. The summed E-state index contributed by atoms with van der Waals surface area (Å²) in [7, 11) is 3.48. The number of methoxy groups -OCH3 is 1. The number of nitrogens with zero attached hydrogens (tertiary/aromatic N) is 1. The second kappa shape index (κ2) is 13.4. The van der Waals surface area contributed by atoms with E-state index in [2.05, 4.69) is 39.9 Å². The molecule has 0 radical (unpaired) electrons. The van der Waals surface area contributed by atoms with E-state index >= 15 is 0 Å². The molecule has 1 aliphatic heterocycles. The van der Waals surface area contributed by atoms with Crippen molar-refractivity contribution in [2.75, 3.05) is 66.9 Å². The minimum Gasteiger partial charge on any atom is -0.494 e. The summed E-state index contributed by atoms with van der Waals surface area (Å²) in [5.74, 6) is 1.73. The van der Waals surface area contributed by atoms with Gasteiger partial charge in [0, 0.05) is 52.5 Å². The SMILES string of the molecule is CCOc1ccc(C2(CNC(=NC)NCCCOCCOC)CCOCC2)cc1. The lowest BCUT2D eigenvalue weighted by Crippen LogP contribution is -2.48. The molecule has 0 aliphatic carbocycles. The highest BCUT2D eigenvalue weighted by molar-refractivity contribution is 5.79. The van der Waals surface area contributed by atoms with Crippen molar-refractivity contribution in [3.63, 3.8) is 0 Å². The van der Waals surface area contributed by atoms with E-state index in [0.29, 0.717) is 26.4 Å². The van der Waals surface area contributed by atoms with Gasteiger partial charge in [-0.25, -0.2) is 0 Å². The summed E-state index contributed by atoms with van der Waals surface area (Å²) in [5.41, 5.74) is 1.35. The van der Waals surface area contributed by atoms with Crippen molar-refractivity contribution in [3.05, 3.63) is 29.8 Å². The number of hydrogen-bond acceptors (Lipinski definition) is 5. The predicted molar refractivity (Wildman–Crippen MR) is 116 cm³/mol. The summed E-state index contributed by atoms with van der Waals surface area (Å²) in [5, 5.41) is 6.89. The molecule has 1 aromatic rings. The molecule has 0 amide bonds. The Morgan fingerprint density at radius 2 is 1.86 bits per heavy atom. The van der Waals surface area contributed by atoms with Crippen molar-refractivity contribution < 1.29 is 18.9 Å². The fraction of sp³-hybridized carbons (Fsp3) is 0.682. The lowest BCUT2D eigenvalue weighted by Gasteiger charge is -2.38. The van der Waals surface area contributed by atoms with Crippen LogP contribution in [0.3, 0.4) is 0 Å². The van der Waals surface area contributed by atoms with Crippen LogP contribution in [0.25, 0.3) is 0 Å². The molecule has 1 heterocycles. The Bertz CT molecular complexity index is 586. The van der Waals surface area contributed by atoms with Gasteiger partial charge in [0.15, 0.2) is 5.96 Å². The zero-order valence-corrected chi connectivity index (χ0v) is 18.2. The van der Waals surface area contributed by atoms with Gasteiger partial charge in [-0.05, 0) is 43.9 Å². The Hall–Kier alpha value is -1.83. The number of rotatable bonds is 12. The average Bonchev–Trinajstić information content (AvgIpc) is 2.76. The molecular formula is C22H37N3O4. The van der Waals surface area contributed by atoms with Crippen LogP contribution >= 0.6 is 0 Å². The van der Waals surface area contributed by atoms with Crippen molar-refractivity contribution in [2.24, 2.45) is 4.99 Å². The fourth-order valence-corrected chi connectivity index (χ4v) is 3.50. The Morgan fingerprint density at radius 3 is 2.52 bits per heavy atom. The van der Waals surface area contributed by atoms with Crippen LogP contribution in [0.5, 0.6) is 5.75 Å². The van der Waals surface area contributed by atoms with Gasteiger partial charge in [-0.2, -0.15) is 0 Å². The van der Waals surface area contributed by atoms with Gasteiger partial charge in [-0.3, -0.25) is 4.99 Å². The second-order valence-electron chi connectivity index (χ2n) is 7.16. The summed E-state index contributed by atoms with van der Waals surface area (Å²) in [6.45, 7) is 7.84. The van der Waals surface area contributed by atoms with E-state index in [1.807, 2.05) is 6.92 Å². The zero-order chi connectivity index (χ0) is 20.8. The summed E-state index contributed by atoms with van der Waals surface area (Å²) in [6, 6.07) is 8.50. The van der Waals surface area contributed by atoms with Crippen molar-refractivity contribution >= 4 is 5.96 Å². The summed E-state index contributed by atoms with van der Waals surface area (Å²) < 4.78 is 21.7. The maximum Gasteiger partial charge on any atom is 0.191 e. The second-order valence-corrected chi connectivity index (χ2v) is 7.16. The fourth-order valence-electron chi connectivity index (χ4n) is 3.50. The molecule has 0 spiro atoms. The van der Waals surface area contributed by atoms with Crippen LogP contribution in [0.15, 0.2) is 29.3 Å². The Labute approximate surface area is 175 Å². The number of ether oxygens (including phenoxy) is 4. The van der Waals surface area contributed by atoms with Crippen LogP contribution in [0.4, 0.5) is 0 Å². The third kappa shape index (κ3) is 7.84. The van der Waals surface area contributed by atoms with E-state index in [9.17, 15) is 0 Å². The van der Waals surface area contributed by atoms with Crippen LogP contribution in [-0.2, 0) is 19.6 Å². The van der Waals surface area contributed by atoms with E-state index in [4.69, 9.17) is 18.9 Å². The third-order valence-electron chi connectivity index (χ3n) is 5.24. The molecule has 1 fully saturated rings. The predicted octanol–water partition coefficient (Wildman–Crippen LogP) is 2.35. The molecule has 1 saturated heterocycles. The van der Waals surface area contributed by atoms with E-state index in [-0.39, 0.29) is 5.41 Å². The monoisotopic (exact) mass is 407 g/mol. The molecule has 7 nitrogen and oxygen atoms in total. The van der Waals surface area contributed by atoms with Crippen LogP contribution in [0.2, 0.25) is 0 Å². The molecule has 0 atom stereocenters. The first kappa shape index (κ1) is 23.4. The average molecular weight is 408 g/mol. The van der Waals surface area contributed by atoms with Gasteiger partial charge in [-0.15, -0.1) is 0 Å². The third-order valence-corrected chi connectivity index (χ3v) is 5.24. The highest BCUT2D eigenvalue weighted by Crippen LogP contribution is 2.35. The van der Waals surface area contributed by atoms with Gasteiger partial charge in [-0.1, -0.05) is 12.1 Å². The molecule has 164 valence electrons. The zero-order valence-electron chi connectivity index (χ0n) is 18.2. The summed E-state index contributed by atoms with van der Waals surface area (Å²) in [6.07, 6.45) is 2.89. The largest absolute Gasteiger partial charge is 0.494 e. The minimum atomic E-state index is 0.0316. The molecule has 0 bridgehead atoms. The lowest BCUT2D eigenvalue weighted by atomic mass is 9.74. The maximum absolute atomic E-state index is 5.64. The summed E-state index contributed by atoms with van der Waals surface area (Å²) in [4.78, 5) is 4.37. The van der Waals surface area contributed by atoms with Crippen molar-refractivity contribution in [3.8, 4) is 5.75 Å². The Kier molecular flexibility index (Phi) is 10.8. The van der Waals surface area contributed by atoms with Crippen LogP contribution in [0.1, 0.15) is 31.7 Å². The number of nitrogens with one attached hydrogen (secondary N) is 2. The summed E-state index contributed by atoms with van der Waals surface area (Å²) >= 11 is 0.